The van der Waals surface area contributed by atoms with E-state index >= 15 is 0 Å². The highest BCUT2D eigenvalue weighted by Gasteiger charge is 2.37. The molecule has 0 aromatic heterocycles. The van der Waals surface area contributed by atoms with E-state index in [0.717, 1.165) is 58.8 Å². The Morgan fingerprint density at radius 1 is 1.40 bits per heavy atom. The van der Waals surface area contributed by atoms with Crippen LogP contribution in [0.25, 0.3) is 0 Å². The van der Waals surface area contributed by atoms with E-state index in [1.807, 2.05) is 0 Å². The highest BCUT2D eigenvalue weighted by molar-refractivity contribution is 4.89. The van der Waals surface area contributed by atoms with Gasteiger partial charge >= 0.3 is 0 Å². The molecule has 0 radical (unpaired) electrons. The molecule has 5 nitrogen and oxygen atoms in total. The largest absolute Gasteiger partial charge is 0.394 e. The minimum atomic E-state index is 0.128. The summed E-state index contributed by atoms with van der Waals surface area (Å²) in [5.41, 5.74) is 0.300. The predicted molar refractivity (Wildman–Crippen MR) is 78.9 cm³/mol. The Hall–Kier alpha value is -0.200. The normalized spacial score (nSPS) is 29.1. The zero-order chi connectivity index (χ0) is 14.3. The molecule has 20 heavy (non-hydrogen) atoms. The third kappa shape index (κ3) is 4.67. The number of nitrogens with one attached hydrogen (secondary N) is 1. The third-order valence-electron chi connectivity index (χ3n) is 4.47. The summed E-state index contributed by atoms with van der Waals surface area (Å²) < 4.78 is 11.3. The summed E-state index contributed by atoms with van der Waals surface area (Å²) in [4.78, 5) is 2.56. The van der Waals surface area contributed by atoms with Gasteiger partial charge in [0, 0.05) is 38.2 Å². The maximum atomic E-state index is 8.80. The average molecular weight is 286 g/mol. The summed E-state index contributed by atoms with van der Waals surface area (Å²) in [5.74, 6) is 0. The number of rotatable bonds is 8. The SMILES string of the molecule is CCNCC1(CN2CCC(OCCO)CC2)CCOC1. The summed E-state index contributed by atoms with van der Waals surface area (Å²) in [6, 6.07) is 0. The van der Waals surface area contributed by atoms with Crippen molar-refractivity contribution < 1.29 is 14.6 Å². The second-order valence-electron chi connectivity index (χ2n) is 6.15. The first-order chi connectivity index (χ1) is 9.78. The summed E-state index contributed by atoms with van der Waals surface area (Å²) >= 11 is 0. The molecule has 2 N–H and O–H groups in total. The van der Waals surface area contributed by atoms with E-state index in [0.29, 0.717) is 18.1 Å². The standard InChI is InChI=1S/C15H30N2O3/c1-2-16-11-15(5-9-19-13-15)12-17-6-3-14(4-7-17)20-10-8-18/h14,16,18H,2-13H2,1H3. The Labute approximate surface area is 122 Å². The van der Waals surface area contributed by atoms with Crippen LogP contribution < -0.4 is 5.32 Å². The molecule has 118 valence electrons. The van der Waals surface area contributed by atoms with Crippen LogP contribution in [-0.4, -0.2) is 75.3 Å². The lowest BCUT2D eigenvalue weighted by Gasteiger charge is -2.38. The monoisotopic (exact) mass is 286 g/mol. The van der Waals surface area contributed by atoms with Crippen molar-refractivity contribution in [3.8, 4) is 0 Å². The predicted octanol–water partition coefficient (Wildman–Crippen LogP) is 0.476. The fourth-order valence-electron chi connectivity index (χ4n) is 3.29. The molecule has 2 aliphatic heterocycles. The van der Waals surface area contributed by atoms with Crippen LogP contribution in [0.1, 0.15) is 26.2 Å². The van der Waals surface area contributed by atoms with Crippen LogP contribution in [0.4, 0.5) is 0 Å². The molecule has 2 rings (SSSR count). The molecule has 2 heterocycles. The van der Waals surface area contributed by atoms with Crippen molar-refractivity contribution in [1.82, 2.24) is 10.2 Å². The number of hydrogen-bond donors (Lipinski definition) is 2. The molecule has 0 aromatic rings. The third-order valence-corrected chi connectivity index (χ3v) is 4.47. The molecular formula is C15H30N2O3. The van der Waals surface area contributed by atoms with Gasteiger partial charge in [-0.05, 0) is 25.8 Å². The Kier molecular flexibility index (Phi) is 6.71. The molecule has 1 unspecified atom stereocenters. The molecule has 2 fully saturated rings. The van der Waals surface area contributed by atoms with Crippen LogP contribution in [0.3, 0.4) is 0 Å². The van der Waals surface area contributed by atoms with Crippen molar-refractivity contribution in [2.45, 2.75) is 32.3 Å². The van der Waals surface area contributed by atoms with Crippen LogP contribution in [0.2, 0.25) is 0 Å². The molecule has 0 aliphatic carbocycles. The van der Waals surface area contributed by atoms with Gasteiger partial charge in [-0.15, -0.1) is 0 Å². The molecule has 0 bridgehead atoms. The molecule has 2 saturated heterocycles. The van der Waals surface area contributed by atoms with E-state index < -0.39 is 0 Å². The summed E-state index contributed by atoms with van der Waals surface area (Å²) in [6.07, 6.45) is 3.67. The number of ether oxygens (including phenoxy) is 2. The van der Waals surface area contributed by atoms with Crippen LogP contribution in [-0.2, 0) is 9.47 Å². The van der Waals surface area contributed by atoms with Crippen molar-refractivity contribution in [1.29, 1.82) is 0 Å². The fourth-order valence-corrected chi connectivity index (χ4v) is 3.29. The van der Waals surface area contributed by atoms with E-state index in [-0.39, 0.29) is 6.61 Å². The zero-order valence-electron chi connectivity index (χ0n) is 12.8. The van der Waals surface area contributed by atoms with Crippen molar-refractivity contribution in [3.63, 3.8) is 0 Å². The first-order valence-electron chi connectivity index (χ1n) is 8.01. The number of aliphatic hydroxyl groups excluding tert-OH is 1. The van der Waals surface area contributed by atoms with Gasteiger partial charge in [-0.2, -0.15) is 0 Å². The van der Waals surface area contributed by atoms with E-state index in [2.05, 4.69) is 17.1 Å². The molecule has 1 atom stereocenters. The van der Waals surface area contributed by atoms with E-state index in [1.165, 1.54) is 6.42 Å². The van der Waals surface area contributed by atoms with Gasteiger partial charge in [0.05, 0.1) is 25.9 Å². The Balaban J connectivity index is 1.75. The number of aliphatic hydroxyl groups is 1. The first-order valence-corrected chi connectivity index (χ1v) is 8.01. The zero-order valence-corrected chi connectivity index (χ0v) is 12.8. The molecule has 0 aromatic carbocycles. The Morgan fingerprint density at radius 3 is 2.80 bits per heavy atom. The van der Waals surface area contributed by atoms with Gasteiger partial charge in [-0.1, -0.05) is 6.92 Å². The van der Waals surface area contributed by atoms with Gasteiger partial charge in [0.15, 0.2) is 0 Å². The second kappa shape index (κ2) is 8.29. The topological polar surface area (TPSA) is 54.0 Å². The Morgan fingerprint density at radius 2 is 2.20 bits per heavy atom. The summed E-state index contributed by atoms with van der Waals surface area (Å²) in [6.45, 7) is 9.98. The molecule has 0 spiro atoms. The molecule has 5 heteroatoms. The maximum absolute atomic E-state index is 8.80. The quantitative estimate of drug-likeness (QED) is 0.679. The van der Waals surface area contributed by atoms with Crippen LogP contribution in [0.15, 0.2) is 0 Å². The van der Waals surface area contributed by atoms with Gasteiger partial charge < -0.3 is 24.8 Å². The highest BCUT2D eigenvalue weighted by atomic mass is 16.5. The van der Waals surface area contributed by atoms with Gasteiger partial charge in [-0.3, -0.25) is 0 Å². The van der Waals surface area contributed by atoms with Crippen molar-refractivity contribution >= 4 is 0 Å². The van der Waals surface area contributed by atoms with Gasteiger partial charge in [0.1, 0.15) is 0 Å². The number of hydrogen-bond acceptors (Lipinski definition) is 5. The van der Waals surface area contributed by atoms with Crippen LogP contribution in [0, 0.1) is 5.41 Å². The number of likely N-dealkylation sites (tertiary alicyclic amines) is 1. The minimum absolute atomic E-state index is 0.128. The van der Waals surface area contributed by atoms with Gasteiger partial charge in [-0.25, -0.2) is 0 Å². The lowest BCUT2D eigenvalue weighted by atomic mass is 9.85. The molecular weight excluding hydrogens is 256 g/mol. The molecule has 0 saturated carbocycles. The Bertz CT molecular complexity index is 262. The first kappa shape index (κ1) is 16.2. The van der Waals surface area contributed by atoms with E-state index in [4.69, 9.17) is 14.6 Å². The summed E-state index contributed by atoms with van der Waals surface area (Å²) in [7, 11) is 0. The summed E-state index contributed by atoms with van der Waals surface area (Å²) in [5, 5.41) is 12.3. The lowest BCUT2D eigenvalue weighted by molar-refractivity contribution is -0.0155. The lowest BCUT2D eigenvalue weighted by Crippen LogP contribution is -2.48. The minimum Gasteiger partial charge on any atom is -0.394 e. The maximum Gasteiger partial charge on any atom is 0.0701 e. The molecule has 0 amide bonds. The smallest absolute Gasteiger partial charge is 0.0701 e. The average Bonchev–Trinajstić information content (AvgIpc) is 2.93. The number of piperidine rings is 1. The fraction of sp³-hybridized carbons (Fsp3) is 1.00. The van der Waals surface area contributed by atoms with Gasteiger partial charge in [0.25, 0.3) is 0 Å². The highest BCUT2D eigenvalue weighted by Crippen LogP contribution is 2.30. The van der Waals surface area contributed by atoms with E-state index in [9.17, 15) is 0 Å². The second-order valence-corrected chi connectivity index (χ2v) is 6.15. The van der Waals surface area contributed by atoms with Crippen LogP contribution >= 0.6 is 0 Å². The van der Waals surface area contributed by atoms with Crippen molar-refractivity contribution in [2.75, 3.05) is 59.2 Å². The van der Waals surface area contributed by atoms with Crippen LogP contribution in [0.5, 0.6) is 0 Å². The van der Waals surface area contributed by atoms with E-state index in [1.54, 1.807) is 0 Å². The number of nitrogens with zero attached hydrogens (tertiary/aromatic N) is 1. The van der Waals surface area contributed by atoms with Gasteiger partial charge in [0.2, 0.25) is 0 Å². The van der Waals surface area contributed by atoms with Crippen molar-refractivity contribution in [3.05, 3.63) is 0 Å². The molecule has 2 aliphatic rings. The van der Waals surface area contributed by atoms with Crippen molar-refractivity contribution in [2.24, 2.45) is 5.41 Å².